The molecule has 1 aliphatic heterocycles. The maximum atomic E-state index is 13.4. The van der Waals surface area contributed by atoms with Gasteiger partial charge in [0.15, 0.2) is 0 Å². The van der Waals surface area contributed by atoms with Crippen LogP contribution in [0.2, 0.25) is 0 Å². The maximum absolute atomic E-state index is 13.4. The molecule has 2 fully saturated rings. The lowest BCUT2D eigenvalue weighted by molar-refractivity contribution is -0.159. The molecule has 40 heavy (non-hydrogen) atoms. The zero-order chi connectivity index (χ0) is 28.8. The molecule has 0 bridgehead atoms. The van der Waals surface area contributed by atoms with Crippen LogP contribution in [0.5, 0.6) is 0 Å². The van der Waals surface area contributed by atoms with E-state index in [1.165, 1.54) is 29.2 Å². The third-order valence-electron chi connectivity index (χ3n) is 7.69. The SMILES string of the molecule is C[C@H](C[C@H](N)[C@H](Cc1ccccc1)NC(=O)[C@@H](C)N1CCN(CC2CC2)C(=O)C1=O)C(=O)Nc1ccc(F)cc1. The standard InChI is InChI=1S/C30H38FN5O4/c1-19(27(37)33-24-12-10-23(31)11-13-24)16-25(32)26(17-21-6-4-3-5-7-21)34-28(38)20(2)36-15-14-35(18-22-8-9-22)29(39)30(36)40/h3-7,10-13,19-20,22,25-26H,8-9,14-18,32H2,1-2H3,(H,33,37)(H,34,38)/t19-,20-,25+,26+/m1/s1. The minimum atomic E-state index is -0.857. The van der Waals surface area contributed by atoms with Gasteiger partial charge in [0.25, 0.3) is 0 Å². The van der Waals surface area contributed by atoms with Gasteiger partial charge in [0.1, 0.15) is 11.9 Å². The van der Waals surface area contributed by atoms with E-state index in [0.717, 1.165) is 18.4 Å². The zero-order valence-corrected chi connectivity index (χ0v) is 23.0. The Balaban J connectivity index is 1.39. The van der Waals surface area contributed by atoms with Crippen LogP contribution in [0.15, 0.2) is 54.6 Å². The van der Waals surface area contributed by atoms with E-state index in [-0.39, 0.29) is 12.3 Å². The molecule has 2 aromatic carbocycles. The van der Waals surface area contributed by atoms with E-state index in [1.807, 2.05) is 30.3 Å². The van der Waals surface area contributed by atoms with Crippen LogP contribution in [-0.2, 0) is 25.6 Å². The van der Waals surface area contributed by atoms with E-state index in [4.69, 9.17) is 5.73 Å². The Morgan fingerprint density at radius 2 is 1.65 bits per heavy atom. The lowest BCUT2D eigenvalue weighted by Gasteiger charge is -2.37. The molecule has 0 spiro atoms. The maximum Gasteiger partial charge on any atom is 0.312 e. The molecular weight excluding hydrogens is 513 g/mol. The monoisotopic (exact) mass is 551 g/mol. The predicted molar refractivity (Wildman–Crippen MR) is 149 cm³/mol. The van der Waals surface area contributed by atoms with Crippen LogP contribution in [0.1, 0.15) is 38.7 Å². The molecule has 4 amide bonds. The molecule has 0 unspecified atom stereocenters. The summed E-state index contributed by atoms with van der Waals surface area (Å²) >= 11 is 0. The third kappa shape index (κ3) is 7.65. The Kier molecular flexibility index (Phi) is 9.52. The first-order valence-corrected chi connectivity index (χ1v) is 13.9. The summed E-state index contributed by atoms with van der Waals surface area (Å²) in [5.74, 6) is -2.31. The van der Waals surface area contributed by atoms with Crippen molar-refractivity contribution in [2.75, 3.05) is 25.0 Å². The van der Waals surface area contributed by atoms with Crippen LogP contribution in [0.3, 0.4) is 0 Å². The van der Waals surface area contributed by atoms with Crippen molar-refractivity contribution < 1.29 is 23.6 Å². The van der Waals surface area contributed by atoms with Crippen molar-refractivity contribution in [1.29, 1.82) is 0 Å². The number of benzene rings is 2. The van der Waals surface area contributed by atoms with E-state index in [1.54, 1.807) is 18.7 Å². The summed E-state index contributed by atoms with van der Waals surface area (Å²) in [5.41, 5.74) is 8.01. The highest BCUT2D eigenvalue weighted by Gasteiger charge is 2.39. The number of nitrogens with zero attached hydrogens (tertiary/aromatic N) is 2. The number of amides is 4. The van der Waals surface area contributed by atoms with Crippen molar-refractivity contribution in [3.63, 3.8) is 0 Å². The molecule has 1 heterocycles. The lowest BCUT2D eigenvalue weighted by atomic mass is 9.92. The van der Waals surface area contributed by atoms with Crippen LogP contribution < -0.4 is 16.4 Å². The number of hydrogen-bond donors (Lipinski definition) is 3. The molecular formula is C30H38FN5O4. The summed E-state index contributed by atoms with van der Waals surface area (Å²) in [6.45, 7) is 4.66. The van der Waals surface area contributed by atoms with E-state index >= 15 is 0 Å². The Hall–Kier alpha value is -3.79. The van der Waals surface area contributed by atoms with E-state index < -0.39 is 47.6 Å². The molecule has 0 radical (unpaired) electrons. The Labute approximate surface area is 234 Å². The molecule has 4 N–H and O–H groups in total. The van der Waals surface area contributed by atoms with Crippen molar-refractivity contribution in [3.8, 4) is 0 Å². The molecule has 4 atom stereocenters. The number of carbonyl (C=O) groups excluding carboxylic acids is 4. The second-order valence-corrected chi connectivity index (χ2v) is 11.0. The molecule has 2 aromatic rings. The average molecular weight is 552 g/mol. The van der Waals surface area contributed by atoms with Gasteiger partial charge in [-0.3, -0.25) is 19.2 Å². The van der Waals surface area contributed by atoms with E-state index in [9.17, 15) is 23.6 Å². The van der Waals surface area contributed by atoms with Gasteiger partial charge in [0.2, 0.25) is 11.8 Å². The van der Waals surface area contributed by atoms with Crippen molar-refractivity contribution in [2.24, 2.45) is 17.6 Å². The molecule has 4 rings (SSSR count). The zero-order valence-electron chi connectivity index (χ0n) is 23.0. The molecule has 9 nitrogen and oxygen atoms in total. The van der Waals surface area contributed by atoms with Gasteiger partial charge in [-0.05, 0) is 68.4 Å². The first-order chi connectivity index (χ1) is 19.1. The Morgan fingerprint density at radius 3 is 2.30 bits per heavy atom. The molecule has 1 aliphatic carbocycles. The van der Waals surface area contributed by atoms with Gasteiger partial charge in [-0.1, -0.05) is 37.3 Å². The van der Waals surface area contributed by atoms with Gasteiger partial charge in [0.05, 0.1) is 0 Å². The molecule has 1 saturated carbocycles. The number of rotatable bonds is 12. The largest absolute Gasteiger partial charge is 0.350 e. The summed E-state index contributed by atoms with van der Waals surface area (Å²) in [6, 6.07) is 13.1. The van der Waals surface area contributed by atoms with Crippen LogP contribution in [0, 0.1) is 17.7 Å². The van der Waals surface area contributed by atoms with Crippen LogP contribution >= 0.6 is 0 Å². The number of hydrogen-bond acceptors (Lipinski definition) is 5. The minimum Gasteiger partial charge on any atom is -0.350 e. The average Bonchev–Trinajstić information content (AvgIpc) is 3.76. The number of nitrogens with one attached hydrogen (secondary N) is 2. The summed E-state index contributed by atoms with van der Waals surface area (Å²) in [7, 11) is 0. The second-order valence-electron chi connectivity index (χ2n) is 11.0. The first-order valence-electron chi connectivity index (χ1n) is 13.9. The summed E-state index contributed by atoms with van der Waals surface area (Å²) in [4.78, 5) is 54.6. The predicted octanol–water partition coefficient (Wildman–Crippen LogP) is 2.31. The van der Waals surface area contributed by atoms with Crippen molar-refractivity contribution in [3.05, 3.63) is 66.0 Å². The molecule has 214 valence electrons. The Morgan fingerprint density at radius 1 is 0.975 bits per heavy atom. The first kappa shape index (κ1) is 29.2. The van der Waals surface area contributed by atoms with Crippen molar-refractivity contribution in [2.45, 2.75) is 57.7 Å². The number of anilines is 1. The quantitative estimate of drug-likeness (QED) is 0.349. The van der Waals surface area contributed by atoms with Crippen LogP contribution in [0.4, 0.5) is 10.1 Å². The van der Waals surface area contributed by atoms with Crippen molar-refractivity contribution in [1.82, 2.24) is 15.1 Å². The molecule has 10 heteroatoms. The van der Waals surface area contributed by atoms with Gasteiger partial charge in [-0.2, -0.15) is 0 Å². The number of halogens is 1. The fourth-order valence-electron chi connectivity index (χ4n) is 4.95. The van der Waals surface area contributed by atoms with E-state index in [0.29, 0.717) is 37.7 Å². The lowest BCUT2D eigenvalue weighted by Crippen LogP contribution is -2.61. The van der Waals surface area contributed by atoms with Gasteiger partial charge in [-0.15, -0.1) is 0 Å². The summed E-state index contributed by atoms with van der Waals surface area (Å²) in [6.07, 6.45) is 2.86. The summed E-state index contributed by atoms with van der Waals surface area (Å²) < 4.78 is 13.2. The van der Waals surface area contributed by atoms with Crippen molar-refractivity contribution >= 4 is 29.3 Å². The topological polar surface area (TPSA) is 125 Å². The minimum absolute atomic E-state index is 0.270. The smallest absolute Gasteiger partial charge is 0.312 e. The van der Waals surface area contributed by atoms with Gasteiger partial charge in [-0.25, -0.2) is 4.39 Å². The molecule has 1 saturated heterocycles. The van der Waals surface area contributed by atoms with Gasteiger partial charge >= 0.3 is 11.8 Å². The highest BCUT2D eigenvalue weighted by atomic mass is 19.1. The normalized spacial score (nSPS) is 18.6. The number of nitrogens with two attached hydrogens (primary N) is 1. The third-order valence-corrected chi connectivity index (χ3v) is 7.69. The molecule has 2 aliphatic rings. The summed E-state index contributed by atoms with van der Waals surface area (Å²) in [5, 5.41) is 5.76. The molecule has 0 aromatic heterocycles. The van der Waals surface area contributed by atoms with Gasteiger partial charge < -0.3 is 26.2 Å². The van der Waals surface area contributed by atoms with Crippen LogP contribution in [-0.4, -0.2) is 71.2 Å². The van der Waals surface area contributed by atoms with Gasteiger partial charge in [0, 0.05) is 43.3 Å². The number of carbonyl (C=O) groups is 4. The fraction of sp³-hybridized carbons (Fsp3) is 0.467. The second kappa shape index (κ2) is 13.0. The Bertz CT molecular complexity index is 1200. The van der Waals surface area contributed by atoms with Crippen LogP contribution in [0.25, 0.3) is 0 Å². The highest BCUT2D eigenvalue weighted by Crippen LogP contribution is 2.30. The highest BCUT2D eigenvalue weighted by molar-refractivity contribution is 6.35. The number of piperazine rings is 1. The van der Waals surface area contributed by atoms with E-state index in [2.05, 4.69) is 10.6 Å². The fourth-order valence-corrected chi connectivity index (χ4v) is 4.95.